The highest BCUT2D eigenvalue weighted by atomic mass is 35.5. The Morgan fingerprint density at radius 2 is 1.76 bits per heavy atom. The largest absolute Gasteiger partial charge is 0.484 e. The molecule has 8 nitrogen and oxygen atoms in total. The van der Waals surface area contributed by atoms with Gasteiger partial charge < -0.3 is 19.5 Å². The van der Waals surface area contributed by atoms with Crippen LogP contribution in [0, 0.1) is 23.7 Å². The van der Waals surface area contributed by atoms with E-state index in [0.29, 0.717) is 32.8 Å². The molecule has 4 heterocycles. The van der Waals surface area contributed by atoms with Crippen LogP contribution in [0.4, 0.5) is 0 Å². The number of nitrogens with one attached hydrogen (secondary N) is 1. The average molecular weight is 617 g/mol. The second kappa shape index (κ2) is 11.6. The Hall–Kier alpha value is -2.46. The molecule has 4 saturated heterocycles. The van der Waals surface area contributed by atoms with Gasteiger partial charge in [-0.2, -0.15) is 0 Å². The van der Waals surface area contributed by atoms with Gasteiger partial charge in [0.25, 0.3) is 5.91 Å². The lowest BCUT2D eigenvalue weighted by Gasteiger charge is -2.60. The van der Waals surface area contributed by atoms with E-state index < -0.39 is 23.9 Å². The molecule has 42 heavy (non-hydrogen) atoms. The topological polar surface area (TPSA) is 92.3 Å². The van der Waals surface area contributed by atoms with Crippen molar-refractivity contribution in [1.82, 2.24) is 5.32 Å². The Balaban J connectivity index is 1.06. The third-order valence-electron chi connectivity index (χ3n) is 9.37. The van der Waals surface area contributed by atoms with Gasteiger partial charge in [-0.25, -0.2) is 9.78 Å². The number of carbonyl (C=O) groups is 2. The number of carbonyl (C=O) groups excluding carboxylic acids is 2. The van der Waals surface area contributed by atoms with E-state index in [1.54, 1.807) is 48.5 Å². The number of hydrogen-bond acceptors (Lipinski definition) is 7. The van der Waals surface area contributed by atoms with Gasteiger partial charge in [0.05, 0.1) is 0 Å². The third kappa shape index (κ3) is 5.38. The van der Waals surface area contributed by atoms with E-state index in [9.17, 15) is 9.59 Å². The smallest absolute Gasteiger partial charge is 0.259 e. The fraction of sp³-hybridized carbons (Fsp3) is 0.500. The summed E-state index contributed by atoms with van der Waals surface area (Å²) >= 11 is 12.3. The minimum atomic E-state index is -0.874. The van der Waals surface area contributed by atoms with Crippen molar-refractivity contribution in [2.45, 2.75) is 70.4 Å². The van der Waals surface area contributed by atoms with Crippen LogP contribution in [0.25, 0.3) is 6.08 Å². The summed E-state index contributed by atoms with van der Waals surface area (Å²) in [7, 11) is 0. The summed E-state index contributed by atoms with van der Waals surface area (Å²) in [6.45, 7) is 6.02. The lowest BCUT2D eigenvalue weighted by atomic mass is 9.58. The van der Waals surface area contributed by atoms with Crippen molar-refractivity contribution < 1.29 is 33.6 Å². The highest BCUT2D eigenvalue weighted by Gasteiger charge is 2.69. The predicted molar refractivity (Wildman–Crippen MR) is 157 cm³/mol. The van der Waals surface area contributed by atoms with Crippen LogP contribution in [0.15, 0.2) is 48.5 Å². The van der Waals surface area contributed by atoms with Crippen molar-refractivity contribution in [3.8, 4) is 5.75 Å². The molecule has 0 unspecified atom stereocenters. The molecule has 1 saturated carbocycles. The van der Waals surface area contributed by atoms with Crippen molar-refractivity contribution in [1.29, 1.82) is 0 Å². The monoisotopic (exact) mass is 615 g/mol. The predicted octanol–water partition coefficient (Wildman–Crippen LogP) is 6.59. The molecule has 1 amide bonds. The van der Waals surface area contributed by atoms with E-state index in [2.05, 4.69) is 19.2 Å². The van der Waals surface area contributed by atoms with Crippen LogP contribution in [0.2, 0.25) is 10.0 Å². The van der Waals surface area contributed by atoms with Crippen LogP contribution in [-0.4, -0.2) is 42.2 Å². The molecule has 8 atom stereocenters. The number of ether oxygens (including phenoxy) is 3. The molecule has 2 bridgehead atoms. The second-order valence-corrected chi connectivity index (χ2v) is 12.9. The fourth-order valence-electron chi connectivity index (χ4n) is 7.06. The van der Waals surface area contributed by atoms with Crippen LogP contribution in [0.5, 0.6) is 5.75 Å². The maximum Gasteiger partial charge on any atom is 0.259 e. The lowest BCUT2D eigenvalue weighted by Crippen LogP contribution is -2.72. The molecule has 224 valence electrons. The summed E-state index contributed by atoms with van der Waals surface area (Å²) < 4.78 is 18.5. The third-order valence-corrected chi connectivity index (χ3v) is 10.0. The minimum absolute atomic E-state index is 0.0196. The molecular weight excluding hydrogens is 581 g/mol. The highest BCUT2D eigenvalue weighted by Crippen LogP contribution is 2.60. The summed E-state index contributed by atoms with van der Waals surface area (Å²) in [5.41, 5.74) is 0.360. The fourth-order valence-corrected chi connectivity index (χ4v) is 7.58. The van der Waals surface area contributed by atoms with Crippen molar-refractivity contribution in [2.24, 2.45) is 23.7 Å². The normalized spacial score (nSPS) is 35.4. The van der Waals surface area contributed by atoms with Crippen LogP contribution in [0.3, 0.4) is 0 Å². The van der Waals surface area contributed by atoms with Crippen molar-refractivity contribution in [2.75, 3.05) is 6.61 Å². The molecule has 2 aromatic rings. The van der Waals surface area contributed by atoms with E-state index in [1.807, 2.05) is 6.92 Å². The summed E-state index contributed by atoms with van der Waals surface area (Å²) in [4.78, 5) is 37.6. The molecule has 0 aromatic heterocycles. The SMILES string of the molecule is C[C@H]1[C@H](NC(=O)COc2ccc(C(=O)/C=C/c3c(Cl)cccc3Cl)cc2)O[C@@H]2O[C@@]3(C)CC[C@H]4[C@H](C)CC[C@@H]1[C@@]24OO3. The molecule has 1 N–H and O–H groups in total. The number of fused-ring (bicyclic) bond motifs is 2. The highest BCUT2D eigenvalue weighted by molar-refractivity contribution is 6.37. The first-order chi connectivity index (χ1) is 20.1. The van der Waals surface area contributed by atoms with Gasteiger partial charge in [0.2, 0.25) is 5.79 Å². The maximum absolute atomic E-state index is 13.0. The molecule has 4 aliphatic heterocycles. The van der Waals surface area contributed by atoms with Gasteiger partial charge in [-0.3, -0.25) is 9.59 Å². The van der Waals surface area contributed by atoms with Crippen molar-refractivity contribution >= 4 is 41.0 Å². The number of halogens is 2. The first kappa shape index (κ1) is 29.6. The zero-order chi connectivity index (χ0) is 29.6. The molecule has 0 radical (unpaired) electrons. The van der Waals surface area contributed by atoms with Crippen LogP contribution >= 0.6 is 23.2 Å². The molecule has 7 rings (SSSR count). The molecule has 5 fully saturated rings. The van der Waals surface area contributed by atoms with Gasteiger partial charge in [-0.05, 0) is 86.6 Å². The van der Waals surface area contributed by atoms with Gasteiger partial charge in [0.15, 0.2) is 24.3 Å². The summed E-state index contributed by atoms with van der Waals surface area (Å²) in [6.07, 6.45) is 5.52. The van der Waals surface area contributed by atoms with Gasteiger partial charge in [0, 0.05) is 39.4 Å². The van der Waals surface area contributed by atoms with Crippen molar-refractivity contribution in [3.63, 3.8) is 0 Å². The number of rotatable bonds is 7. The average Bonchev–Trinajstić information content (AvgIpc) is 3.20. The van der Waals surface area contributed by atoms with Crippen molar-refractivity contribution in [3.05, 3.63) is 69.7 Å². The first-order valence-electron chi connectivity index (χ1n) is 14.5. The second-order valence-electron chi connectivity index (χ2n) is 12.0. The molecular formula is C32H35Cl2NO7. The van der Waals surface area contributed by atoms with Crippen LogP contribution < -0.4 is 10.1 Å². The van der Waals surface area contributed by atoms with Gasteiger partial charge >= 0.3 is 0 Å². The van der Waals surface area contributed by atoms with Gasteiger partial charge in [-0.1, -0.05) is 43.1 Å². The van der Waals surface area contributed by atoms with Gasteiger partial charge in [-0.15, -0.1) is 0 Å². The van der Waals surface area contributed by atoms with E-state index in [1.165, 1.54) is 6.08 Å². The first-order valence-corrected chi connectivity index (χ1v) is 15.2. The number of ketones is 1. The van der Waals surface area contributed by atoms with Crippen LogP contribution in [-0.2, 0) is 24.0 Å². The van der Waals surface area contributed by atoms with E-state index in [0.717, 1.165) is 25.7 Å². The summed E-state index contributed by atoms with van der Waals surface area (Å²) in [5, 5.41) is 3.92. The number of benzene rings is 2. The lowest BCUT2D eigenvalue weighted by molar-refractivity contribution is -0.571. The number of amides is 1. The molecule has 10 heteroatoms. The summed E-state index contributed by atoms with van der Waals surface area (Å²) in [5.74, 6) is -0.131. The minimum Gasteiger partial charge on any atom is -0.484 e. The zero-order valence-electron chi connectivity index (χ0n) is 23.8. The Morgan fingerprint density at radius 1 is 1.02 bits per heavy atom. The number of allylic oxidation sites excluding steroid dienone is 1. The number of hydrogen-bond donors (Lipinski definition) is 1. The Morgan fingerprint density at radius 3 is 2.50 bits per heavy atom. The standard InChI is InChI=1S/C32H35Cl2NO7/c1-18-7-13-24-19(2)29(39-30-32(24)23(18)15-16-31(3,40-30)41-42-32)35-28(37)17-38-21-10-8-20(9-11-21)27(36)14-12-22-25(33)5-4-6-26(22)34/h4-6,8-12,14,18-19,23-24,29-30H,7,13,15-17H2,1-3H3,(H,35,37)/b14-12+/t18-,19-,23+,24+,29-,30-,31-,32-/m1/s1. The quantitative estimate of drug-likeness (QED) is 0.213. The molecule has 2 aromatic carbocycles. The van der Waals surface area contributed by atoms with E-state index >= 15 is 0 Å². The Labute approximate surface area is 255 Å². The summed E-state index contributed by atoms with van der Waals surface area (Å²) in [6, 6.07) is 11.7. The molecule has 1 aliphatic carbocycles. The Kier molecular flexibility index (Phi) is 8.15. The molecule has 5 aliphatic rings. The zero-order valence-corrected chi connectivity index (χ0v) is 25.3. The van der Waals surface area contributed by atoms with Crippen LogP contribution in [0.1, 0.15) is 62.4 Å². The van der Waals surface area contributed by atoms with E-state index in [-0.39, 0.29) is 36.1 Å². The maximum atomic E-state index is 13.0. The Bertz CT molecular complexity index is 1360. The van der Waals surface area contributed by atoms with E-state index in [4.69, 9.17) is 47.2 Å². The van der Waals surface area contributed by atoms with Gasteiger partial charge in [0.1, 0.15) is 12.0 Å². The molecule has 1 spiro atoms.